The molecule has 6 heteroatoms. The quantitative estimate of drug-likeness (QED) is 0.926. The smallest absolute Gasteiger partial charge is 0.318 e. The molecule has 0 aliphatic carbocycles. The molecule has 3 heterocycles. The highest BCUT2D eigenvalue weighted by atomic mass is 16.5. The van der Waals surface area contributed by atoms with Crippen molar-refractivity contribution in [1.82, 2.24) is 20.3 Å². The van der Waals surface area contributed by atoms with Crippen molar-refractivity contribution in [3.05, 3.63) is 17.5 Å². The van der Waals surface area contributed by atoms with Gasteiger partial charge in [0, 0.05) is 31.7 Å². The number of hydrogen-bond acceptors (Lipinski definition) is 4. The maximum atomic E-state index is 12.5. The Balaban J connectivity index is 1.49. The van der Waals surface area contributed by atoms with Crippen molar-refractivity contribution in [2.45, 2.75) is 58.0 Å². The van der Waals surface area contributed by atoms with Crippen molar-refractivity contribution in [2.75, 3.05) is 26.2 Å². The van der Waals surface area contributed by atoms with Crippen LogP contribution in [-0.4, -0.2) is 53.2 Å². The van der Waals surface area contributed by atoms with Crippen LogP contribution < -0.4 is 5.32 Å². The van der Waals surface area contributed by atoms with E-state index in [0.717, 1.165) is 43.9 Å². The van der Waals surface area contributed by atoms with E-state index in [2.05, 4.69) is 22.3 Å². The van der Waals surface area contributed by atoms with Crippen LogP contribution in [0.25, 0.3) is 0 Å². The molecular formula is C17H28N4O2. The third-order valence-corrected chi connectivity index (χ3v) is 5.10. The van der Waals surface area contributed by atoms with Gasteiger partial charge in [0.1, 0.15) is 0 Å². The molecule has 2 amide bonds. The van der Waals surface area contributed by atoms with Crippen molar-refractivity contribution in [3.63, 3.8) is 0 Å². The summed E-state index contributed by atoms with van der Waals surface area (Å²) in [6, 6.07) is 2.62. The van der Waals surface area contributed by atoms with E-state index in [1.165, 1.54) is 19.3 Å². The number of amides is 2. The van der Waals surface area contributed by atoms with Crippen LogP contribution >= 0.6 is 0 Å². The van der Waals surface area contributed by atoms with E-state index in [-0.39, 0.29) is 12.1 Å². The fourth-order valence-corrected chi connectivity index (χ4v) is 3.74. The molecule has 2 atom stereocenters. The molecule has 3 rings (SSSR count). The number of nitrogens with one attached hydrogen (secondary N) is 1. The second-order valence-corrected chi connectivity index (χ2v) is 6.83. The summed E-state index contributed by atoms with van der Waals surface area (Å²) in [6.45, 7) is 7.78. The van der Waals surface area contributed by atoms with E-state index in [0.29, 0.717) is 12.6 Å². The first-order valence-corrected chi connectivity index (χ1v) is 8.87. The summed E-state index contributed by atoms with van der Waals surface area (Å²) in [6.07, 6.45) is 5.84. The van der Waals surface area contributed by atoms with Crippen LogP contribution in [0, 0.1) is 6.92 Å². The number of urea groups is 1. The summed E-state index contributed by atoms with van der Waals surface area (Å²) in [4.78, 5) is 16.9. The summed E-state index contributed by atoms with van der Waals surface area (Å²) in [5, 5.41) is 7.03. The lowest BCUT2D eigenvalue weighted by Crippen LogP contribution is -2.45. The standard InChI is InChI=1S/C17H28N4O2/c1-13-12-16(23-19-13)15-7-5-10-21(15)17(22)18-8-11-20-9-4-3-6-14(20)2/h12,14-15H,3-11H2,1-2H3,(H,18,22)/t14-,15-/m1/s1. The van der Waals surface area contributed by atoms with Crippen LogP contribution in [0.3, 0.4) is 0 Å². The number of aryl methyl sites for hydroxylation is 1. The molecule has 0 spiro atoms. The molecular weight excluding hydrogens is 292 g/mol. The minimum atomic E-state index is 0.0196. The zero-order valence-electron chi connectivity index (χ0n) is 14.3. The number of piperidine rings is 1. The zero-order chi connectivity index (χ0) is 16.2. The van der Waals surface area contributed by atoms with Crippen molar-refractivity contribution < 1.29 is 9.32 Å². The maximum absolute atomic E-state index is 12.5. The minimum Gasteiger partial charge on any atom is -0.359 e. The number of hydrogen-bond donors (Lipinski definition) is 1. The molecule has 2 aliphatic rings. The van der Waals surface area contributed by atoms with Crippen molar-refractivity contribution in [2.24, 2.45) is 0 Å². The molecule has 0 unspecified atom stereocenters. The van der Waals surface area contributed by atoms with Crippen LogP contribution in [-0.2, 0) is 0 Å². The Morgan fingerprint density at radius 1 is 1.35 bits per heavy atom. The second kappa shape index (κ2) is 7.34. The number of aromatic nitrogens is 1. The average molecular weight is 320 g/mol. The van der Waals surface area contributed by atoms with Gasteiger partial charge in [-0.2, -0.15) is 0 Å². The van der Waals surface area contributed by atoms with Gasteiger partial charge in [0.05, 0.1) is 11.7 Å². The van der Waals surface area contributed by atoms with E-state index in [9.17, 15) is 4.79 Å². The maximum Gasteiger partial charge on any atom is 0.318 e. The Morgan fingerprint density at radius 3 is 2.96 bits per heavy atom. The Morgan fingerprint density at radius 2 is 2.22 bits per heavy atom. The SMILES string of the molecule is Cc1cc([C@H]2CCCN2C(=O)NCCN2CCCC[C@H]2C)on1. The van der Waals surface area contributed by atoms with Gasteiger partial charge < -0.3 is 14.7 Å². The Bertz CT molecular complexity index is 530. The lowest BCUT2D eigenvalue weighted by molar-refractivity contribution is 0.155. The fourth-order valence-electron chi connectivity index (χ4n) is 3.74. The van der Waals surface area contributed by atoms with Gasteiger partial charge in [0.2, 0.25) is 0 Å². The summed E-state index contributed by atoms with van der Waals surface area (Å²) >= 11 is 0. The molecule has 1 N–H and O–H groups in total. The van der Waals surface area contributed by atoms with Gasteiger partial charge in [0.15, 0.2) is 5.76 Å². The van der Waals surface area contributed by atoms with Gasteiger partial charge in [0.25, 0.3) is 0 Å². The molecule has 6 nitrogen and oxygen atoms in total. The molecule has 1 aromatic rings. The van der Waals surface area contributed by atoms with Crippen LogP contribution in [0.2, 0.25) is 0 Å². The van der Waals surface area contributed by atoms with Crippen molar-refractivity contribution in [3.8, 4) is 0 Å². The normalized spacial score (nSPS) is 25.7. The first-order valence-electron chi connectivity index (χ1n) is 8.87. The molecule has 0 bridgehead atoms. The van der Waals surface area contributed by atoms with Gasteiger partial charge >= 0.3 is 6.03 Å². The van der Waals surface area contributed by atoms with E-state index in [4.69, 9.17) is 4.52 Å². The largest absolute Gasteiger partial charge is 0.359 e. The van der Waals surface area contributed by atoms with Crippen LogP contribution in [0.5, 0.6) is 0 Å². The predicted octanol–water partition coefficient (Wildman–Crippen LogP) is 2.70. The fraction of sp³-hybridized carbons (Fsp3) is 0.765. The Hall–Kier alpha value is -1.56. The first-order chi connectivity index (χ1) is 11.1. The third-order valence-electron chi connectivity index (χ3n) is 5.10. The van der Waals surface area contributed by atoms with Gasteiger partial charge in [-0.05, 0) is 46.1 Å². The van der Waals surface area contributed by atoms with E-state index < -0.39 is 0 Å². The molecule has 0 aromatic carbocycles. The number of rotatable bonds is 4. The third kappa shape index (κ3) is 3.86. The highest BCUT2D eigenvalue weighted by Gasteiger charge is 2.32. The molecule has 0 radical (unpaired) electrons. The van der Waals surface area contributed by atoms with Gasteiger partial charge in [-0.1, -0.05) is 11.6 Å². The molecule has 1 aromatic heterocycles. The number of carbonyl (C=O) groups is 1. The van der Waals surface area contributed by atoms with Crippen LogP contribution in [0.15, 0.2) is 10.6 Å². The summed E-state index contributed by atoms with van der Waals surface area (Å²) in [7, 11) is 0. The molecule has 128 valence electrons. The number of likely N-dealkylation sites (tertiary alicyclic amines) is 2. The van der Waals surface area contributed by atoms with E-state index in [1.807, 2.05) is 17.9 Å². The highest BCUT2D eigenvalue weighted by Crippen LogP contribution is 2.32. The number of carbonyl (C=O) groups excluding carboxylic acids is 1. The lowest BCUT2D eigenvalue weighted by atomic mass is 10.0. The van der Waals surface area contributed by atoms with Crippen molar-refractivity contribution >= 4 is 6.03 Å². The monoisotopic (exact) mass is 320 g/mol. The average Bonchev–Trinajstić information content (AvgIpc) is 3.17. The predicted molar refractivity (Wildman–Crippen MR) is 88.2 cm³/mol. The molecule has 0 saturated carbocycles. The van der Waals surface area contributed by atoms with Crippen LogP contribution in [0.1, 0.15) is 56.5 Å². The lowest BCUT2D eigenvalue weighted by Gasteiger charge is -2.33. The molecule has 2 saturated heterocycles. The molecule has 2 aliphatic heterocycles. The van der Waals surface area contributed by atoms with Gasteiger partial charge in [-0.3, -0.25) is 4.90 Å². The van der Waals surface area contributed by atoms with E-state index >= 15 is 0 Å². The molecule has 23 heavy (non-hydrogen) atoms. The minimum absolute atomic E-state index is 0.0196. The highest BCUT2D eigenvalue weighted by molar-refractivity contribution is 5.75. The summed E-state index contributed by atoms with van der Waals surface area (Å²) < 4.78 is 5.36. The van der Waals surface area contributed by atoms with Gasteiger partial charge in [-0.25, -0.2) is 4.79 Å². The number of nitrogens with zero attached hydrogens (tertiary/aromatic N) is 3. The Labute approximate surface area is 138 Å². The van der Waals surface area contributed by atoms with Gasteiger partial charge in [-0.15, -0.1) is 0 Å². The van der Waals surface area contributed by atoms with Crippen molar-refractivity contribution in [1.29, 1.82) is 0 Å². The van der Waals surface area contributed by atoms with Crippen LogP contribution in [0.4, 0.5) is 4.79 Å². The zero-order valence-corrected chi connectivity index (χ0v) is 14.3. The van der Waals surface area contributed by atoms with E-state index in [1.54, 1.807) is 0 Å². The summed E-state index contributed by atoms with van der Waals surface area (Å²) in [5.74, 6) is 0.805. The second-order valence-electron chi connectivity index (χ2n) is 6.83. The summed E-state index contributed by atoms with van der Waals surface area (Å²) in [5.41, 5.74) is 0.867. The molecule has 2 fully saturated rings. The Kier molecular flexibility index (Phi) is 5.20. The first kappa shape index (κ1) is 16.3. The topological polar surface area (TPSA) is 61.6 Å².